The van der Waals surface area contributed by atoms with E-state index in [-0.39, 0.29) is 5.75 Å². The molecule has 0 saturated carbocycles. The number of nitrogens with zero attached hydrogens (tertiary/aromatic N) is 3. The second-order valence-electron chi connectivity index (χ2n) is 4.30. The molecule has 0 spiro atoms. The number of rotatable bonds is 4. The van der Waals surface area contributed by atoms with E-state index >= 15 is 0 Å². The van der Waals surface area contributed by atoms with Gasteiger partial charge in [0.05, 0.1) is 6.20 Å². The molecule has 0 radical (unpaired) electrons. The van der Waals surface area contributed by atoms with Crippen molar-refractivity contribution in [1.29, 1.82) is 0 Å². The number of phenols is 1. The SMILES string of the molecule is CCN(c1cc(O)ccc1C)c1nnccc1CN. The molecule has 19 heavy (non-hydrogen) atoms. The summed E-state index contributed by atoms with van der Waals surface area (Å²) in [5.74, 6) is 0.971. The van der Waals surface area contributed by atoms with E-state index in [1.807, 2.05) is 30.9 Å². The lowest BCUT2D eigenvalue weighted by molar-refractivity contribution is 0.475. The quantitative estimate of drug-likeness (QED) is 0.878. The Kier molecular flexibility index (Phi) is 3.97. The van der Waals surface area contributed by atoms with Gasteiger partial charge in [-0.25, -0.2) is 0 Å². The van der Waals surface area contributed by atoms with Gasteiger partial charge in [-0.2, -0.15) is 5.10 Å². The first-order valence-corrected chi connectivity index (χ1v) is 6.25. The highest BCUT2D eigenvalue weighted by molar-refractivity contribution is 5.67. The van der Waals surface area contributed by atoms with Crippen molar-refractivity contribution < 1.29 is 5.11 Å². The van der Waals surface area contributed by atoms with Crippen molar-refractivity contribution in [3.63, 3.8) is 0 Å². The Hall–Kier alpha value is -2.14. The lowest BCUT2D eigenvalue weighted by Crippen LogP contribution is -2.21. The van der Waals surface area contributed by atoms with E-state index in [2.05, 4.69) is 10.2 Å². The first kappa shape index (κ1) is 13.3. The Morgan fingerprint density at radius 2 is 2.11 bits per heavy atom. The fraction of sp³-hybridized carbons (Fsp3) is 0.286. The van der Waals surface area contributed by atoms with Crippen LogP contribution in [-0.2, 0) is 6.54 Å². The van der Waals surface area contributed by atoms with Crippen molar-refractivity contribution in [2.24, 2.45) is 5.73 Å². The fourth-order valence-electron chi connectivity index (χ4n) is 2.06. The number of anilines is 2. The predicted octanol–water partition coefficient (Wildman–Crippen LogP) is 2.11. The molecule has 0 amide bonds. The van der Waals surface area contributed by atoms with Gasteiger partial charge in [0.25, 0.3) is 0 Å². The Balaban J connectivity index is 2.53. The molecule has 0 fully saturated rings. The molecule has 0 aliphatic carbocycles. The third kappa shape index (κ3) is 2.66. The minimum Gasteiger partial charge on any atom is -0.508 e. The van der Waals surface area contributed by atoms with E-state index in [1.165, 1.54) is 0 Å². The van der Waals surface area contributed by atoms with Gasteiger partial charge in [0.15, 0.2) is 5.82 Å². The maximum atomic E-state index is 9.67. The Bertz CT molecular complexity index is 571. The van der Waals surface area contributed by atoms with Crippen LogP contribution < -0.4 is 10.6 Å². The van der Waals surface area contributed by atoms with Crippen LogP contribution in [0.1, 0.15) is 18.1 Å². The summed E-state index contributed by atoms with van der Waals surface area (Å²) in [5.41, 5.74) is 8.65. The van der Waals surface area contributed by atoms with Crippen LogP contribution in [0.2, 0.25) is 0 Å². The van der Waals surface area contributed by atoms with Crippen LogP contribution in [0.5, 0.6) is 5.75 Å². The highest BCUT2D eigenvalue weighted by Crippen LogP contribution is 2.31. The summed E-state index contributed by atoms with van der Waals surface area (Å²) in [5, 5.41) is 17.8. The van der Waals surface area contributed by atoms with E-state index in [0.717, 1.165) is 29.2 Å². The molecule has 3 N–H and O–H groups in total. The number of hydrogen-bond donors (Lipinski definition) is 2. The van der Waals surface area contributed by atoms with Gasteiger partial charge in [0, 0.05) is 30.4 Å². The average molecular weight is 258 g/mol. The molecule has 1 aromatic carbocycles. The lowest BCUT2D eigenvalue weighted by atomic mass is 10.1. The van der Waals surface area contributed by atoms with Gasteiger partial charge in [0.1, 0.15) is 5.75 Å². The van der Waals surface area contributed by atoms with E-state index in [9.17, 15) is 5.11 Å². The number of hydrogen-bond acceptors (Lipinski definition) is 5. The summed E-state index contributed by atoms with van der Waals surface area (Å²) < 4.78 is 0. The summed E-state index contributed by atoms with van der Waals surface area (Å²) in [6, 6.07) is 7.15. The molecule has 5 nitrogen and oxygen atoms in total. The summed E-state index contributed by atoms with van der Waals surface area (Å²) in [4.78, 5) is 2.00. The largest absolute Gasteiger partial charge is 0.508 e. The molecule has 0 bridgehead atoms. The van der Waals surface area contributed by atoms with Gasteiger partial charge in [-0.3, -0.25) is 0 Å². The van der Waals surface area contributed by atoms with E-state index in [1.54, 1.807) is 18.3 Å². The number of benzene rings is 1. The lowest BCUT2D eigenvalue weighted by Gasteiger charge is -2.25. The number of nitrogens with two attached hydrogens (primary N) is 1. The Labute approximate surface area is 112 Å². The molecular weight excluding hydrogens is 240 g/mol. The zero-order chi connectivity index (χ0) is 13.8. The van der Waals surface area contributed by atoms with Gasteiger partial charge in [-0.1, -0.05) is 6.07 Å². The van der Waals surface area contributed by atoms with Crippen molar-refractivity contribution in [1.82, 2.24) is 10.2 Å². The molecule has 1 aromatic heterocycles. The number of aromatic nitrogens is 2. The minimum absolute atomic E-state index is 0.234. The summed E-state index contributed by atoms with van der Waals surface area (Å²) in [6.07, 6.45) is 1.63. The molecule has 2 rings (SSSR count). The predicted molar refractivity (Wildman–Crippen MR) is 75.4 cm³/mol. The molecule has 0 unspecified atom stereocenters. The molecule has 0 atom stereocenters. The molecule has 1 heterocycles. The van der Waals surface area contributed by atoms with Gasteiger partial charge in [-0.05, 0) is 31.5 Å². The normalized spacial score (nSPS) is 10.5. The van der Waals surface area contributed by atoms with Crippen LogP contribution in [0, 0.1) is 6.92 Å². The smallest absolute Gasteiger partial charge is 0.160 e. The Morgan fingerprint density at radius 1 is 1.32 bits per heavy atom. The van der Waals surface area contributed by atoms with Crippen LogP contribution in [0.25, 0.3) is 0 Å². The molecule has 0 aliphatic rings. The first-order valence-electron chi connectivity index (χ1n) is 6.25. The number of aryl methyl sites for hydroxylation is 1. The summed E-state index contributed by atoms with van der Waals surface area (Å²) in [7, 11) is 0. The highest BCUT2D eigenvalue weighted by atomic mass is 16.3. The van der Waals surface area contributed by atoms with Crippen LogP contribution in [0.15, 0.2) is 30.5 Å². The molecule has 5 heteroatoms. The van der Waals surface area contributed by atoms with Gasteiger partial charge >= 0.3 is 0 Å². The highest BCUT2D eigenvalue weighted by Gasteiger charge is 2.15. The summed E-state index contributed by atoms with van der Waals surface area (Å²) >= 11 is 0. The van der Waals surface area contributed by atoms with Gasteiger partial charge < -0.3 is 15.7 Å². The van der Waals surface area contributed by atoms with Gasteiger partial charge in [0.2, 0.25) is 0 Å². The van der Waals surface area contributed by atoms with E-state index in [4.69, 9.17) is 5.73 Å². The maximum Gasteiger partial charge on any atom is 0.160 e. The summed E-state index contributed by atoms with van der Waals surface area (Å²) in [6.45, 7) is 5.14. The zero-order valence-corrected chi connectivity index (χ0v) is 11.2. The van der Waals surface area contributed by atoms with Crippen LogP contribution >= 0.6 is 0 Å². The van der Waals surface area contributed by atoms with Crippen LogP contribution in [-0.4, -0.2) is 21.8 Å². The van der Waals surface area contributed by atoms with Gasteiger partial charge in [-0.15, -0.1) is 5.10 Å². The number of phenolic OH excluding ortho intramolecular Hbond substituents is 1. The standard InChI is InChI=1S/C14H18N4O/c1-3-18(13-8-12(19)5-4-10(13)2)14-11(9-15)6-7-16-17-14/h4-8,19H,3,9,15H2,1-2H3. The van der Waals surface area contributed by atoms with Crippen molar-refractivity contribution in [3.8, 4) is 5.75 Å². The van der Waals surface area contributed by atoms with Crippen LogP contribution in [0.3, 0.4) is 0 Å². The Morgan fingerprint density at radius 3 is 2.79 bits per heavy atom. The minimum atomic E-state index is 0.234. The first-order chi connectivity index (χ1) is 9.17. The van der Waals surface area contributed by atoms with Crippen molar-refractivity contribution in [3.05, 3.63) is 41.6 Å². The van der Waals surface area contributed by atoms with Crippen LogP contribution in [0.4, 0.5) is 11.5 Å². The second-order valence-corrected chi connectivity index (χ2v) is 4.30. The third-order valence-electron chi connectivity index (χ3n) is 3.06. The van der Waals surface area contributed by atoms with E-state index < -0.39 is 0 Å². The molecule has 100 valence electrons. The molecule has 2 aromatic rings. The second kappa shape index (κ2) is 5.67. The molecule has 0 aliphatic heterocycles. The molecular formula is C14H18N4O. The van der Waals surface area contributed by atoms with Crippen molar-refractivity contribution in [2.45, 2.75) is 20.4 Å². The monoisotopic (exact) mass is 258 g/mol. The number of aromatic hydroxyl groups is 1. The fourth-order valence-corrected chi connectivity index (χ4v) is 2.06. The van der Waals surface area contributed by atoms with E-state index in [0.29, 0.717) is 6.54 Å². The average Bonchev–Trinajstić information content (AvgIpc) is 2.44. The molecule has 0 saturated heterocycles. The maximum absolute atomic E-state index is 9.67. The van der Waals surface area contributed by atoms with Crippen molar-refractivity contribution >= 4 is 11.5 Å². The zero-order valence-electron chi connectivity index (χ0n) is 11.2. The van der Waals surface area contributed by atoms with Crippen molar-refractivity contribution in [2.75, 3.05) is 11.4 Å². The third-order valence-corrected chi connectivity index (χ3v) is 3.06. The topological polar surface area (TPSA) is 75.3 Å².